The van der Waals surface area contributed by atoms with Gasteiger partial charge in [0.25, 0.3) is 11.8 Å². The normalized spacial score (nSPS) is 23.0. The minimum atomic E-state index is -0.979. The molecule has 1 aromatic carbocycles. The lowest BCUT2D eigenvalue weighted by atomic mass is 9.73. The number of nitrogens with zero attached hydrogens (tertiary/aromatic N) is 2. The summed E-state index contributed by atoms with van der Waals surface area (Å²) in [5.41, 5.74) is 0.690. The van der Waals surface area contributed by atoms with Crippen LogP contribution in [0.15, 0.2) is 18.2 Å². The van der Waals surface area contributed by atoms with Crippen LogP contribution in [-0.4, -0.2) is 52.0 Å². The predicted molar refractivity (Wildman–Crippen MR) is 137 cm³/mol. The number of carbonyl (C=O) groups excluding carboxylic acids is 4. The van der Waals surface area contributed by atoms with Crippen molar-refractivity contribution in [2.75, 3.05) is 13.1 Å². The van der Waals surface area contributed by atoms with Crippen molar-refractivity contribution < 1.29 is 19.2 Å². The third-order valence-corrected chi connectivity index (χ3v) is 8.37. The van der Waals surface area contributed by atoms with Crippen LogP contribution in [0.1, 0.15) is 76.6 Å². The molecule has 7 nitrogen and oxygen atoms in total. The Morgan fingerprint density at radius 1 is 1.14 bits per heavy atom. The van der Waals surface area contributed by atoms with Gasteiger partial charge in [0, 0.05) is 30.3 Å². The van der Waals surface area contributed by atoms with Crippen LogP contribution in [0.25, 0.3) is 11.0 Å². The van der Waals surface area contributed by atoms with Crippen LogP contribution in [0.5, 0.6) is 0 Å². The number of nitrogens with one attached hydrogen (secondary N) is 1. The molecule has 0 aliphatic carbocycles. The van der Waals surface area contributed by atoms with Crippen LogP contribution in [0.2, 0.25) is 0 Å². The second-order valence-corrected chi connectivity index (χ2v) is 11.5. The Bertz CT molecular complexity index is 1170. The van der Waals surface area contributed by atoms with Gasteiger partial charge in [-0.15, -0.1) is 0 Å². The molecule has 0 aromatic heterocycles. The van der Waals surface area contributed by atoms with Crippen molar-refractivity contribution in [1.82, 2.24) is 14.5 Å². The maximum absolute atomic E-state index is 13.8. The van der Waals surface area contributed by atoms with E-state index in [9.17, 15) is 19.2 Å². The molecule has 35 heavy (non-hydrogen) atoms. The highest BCUT2D eigenvalue weighted by Crippen LogP contribution is 2.45. The van der Waals surface area contributed by atoms with Crippen LogP contribution < -0.4 is 15.8 Å². The highest BCUT2D eigenvalue weighted by Gasteiger charge is 2.46. The lowest BCUT2D eigenvalue weighted by Crippen LogP contribution is -2.60. The van der Waals surface area contributed by atoms with E-state index in [-0.39, 0.29) is 24.2 Å². The molecule has 2 fully saturated rings. The first-order valence-electron chi connectivity index (χ1n) is 12.6. The van der Waals surface area contributed by atoms with E-state index < -0.39 is 23.8 Å². The first-order valence-corrected chi connectivity index (χ1v) is 13.4. The van der Waals surface area contributed by atoms with E-state index in [1.807, 2.05) is 19.1 Å². The molecule has 0 spiro atoms. The molecule has 188 valence electrons. The molecular formula is C27H35N3O4S. The molecule has 0 bridgehead atoms. The van der Waals surface area contributed by atoms with Crippen molar-refractivity contribution >= 4 is 46.6 Å². The molecule has 4 rings (SSSR count). The summed E-state index contributed by atoms with van der Waals surface area (Å²) in [5.74, 6) is -1.24. The van der Waals surface area contributed by atoms with Gasteiger partial charge >= 0.3 is 0 Å². The van der Waals surface area contributed by atoms with Crippen LogP contribution >= 0.6 is 11.9 Å². The number of hydrogen-bond acceptors (Lipinski definition) is 6. The molecule has 2 saturated heterocycles. The van der Waals surface area contributed by atoms with Crippen LogP contribution in [0.4, 0.5) is 0 Å². The molecular weight excluding hydrogens is 462 g/mol. The van der Waals surface area contributed by atoms with E-state index >= 15 is 0 Å². The summed E-state index contributed by atoms with van der Waals surface area (Å²) in [6, 6.07) is 4.44. The van der Waals surface area contributed by atoms with Crippen LogP contribution in [-0.2, 0) is 14.4 Å². The molecule has 1 atom stereocenters. The standard InChI is InChI=1S/C27H35N3O4S/c1-5-13-27(14-12-17(3)4)15-29(16-27)35-23-22-18(6-2)8-7-9-19(22)25(33)30(26(23)34)20-10-11-21(31)28-24(20)32/h6-9,17,20H,5,10-16H2,1-4H3,(H,28,31,32)/b18-6-. The van der Waals surface area contributed by atoms with E-state index in [0.717, 1.165) is 36.0 Å². The van der Waals surface area contributed by atoms with Crippen molar-refractivity contribution in [3.8, 4) is 0 Å². The van der Waals surface area contributed by atoms with Gasteiger partial charge in [-0.25, -0.2) is 4.31 Å². The first kappa shape index (κ1) is 25.6. The van der Waals surface area contributed by atoms with Gasteiger partial charge in [-0.05, 0) is 60.8 Å². The Labute approximate surface area is 211 Å². The first-order chi connectivity index (χ1) is 16.7. The second-order valence-electron chi connectivity index (χ2n) is 10.4. The number of piperidine rings is 1. The summed E-state index contributed by atoms with van der Waals surface area (Å²) < 4.78 is 2.22. The monoisotopic (exact) mass is 497 g/mol. The number of fused-ring (bicyclic) bond motifs is 1. The van der Waals surface area contributed by atoms with E-state index in [1.165, 1.54) is 24.8 Å². The van der Waals surface area contributed by atoms with Crippen molar-refractivity contribution in [3.63, 3.8) is 0 Å². The fraction of sp³-hybridized carbons (Fsp3) is 0.556. The minimum absolute atomic E-state index is 0.104. The molecule has 8 heteroatoms. The Kier molecular flexibility index (Phi) is 7.52. The van der Waals surface area contributed by atoms with Gasteiger partial charge in [-0.3, -0.25) is 29.4 Å². The van der Waals surface area contributed by atoms with E-state index in [0.29, 0.717) is 21.6 Å². The average molecular weight is 498 g/mol. The lowest BCUT2D eigenvalue weighted by Gasteiger charge is -2.50. The number of benzene rings is 1. The number of carbonyl (C=O) groups is 4. The zero-order chi connectivity index (χ0) is 25.3. The number of rotatable bonds is 8. The van der Waals surface area contributed by atoms with E-state index in [2.05, 4.69) is 30.4 Å². The molecule has 0 saturated carbocycles. The Morgan fingerprint density at radius 2 is 1.89 bits per heavy atom. The summed E-state index contributed by atoms with van der Waals surface area (Å²) in [6.07, 6.45) is 6.80. The van der Waals surface area contributed by atoms with Gasteiger partial charge < -0.3 is 0 Å². The molecule has 3 aliphatic heterocycles. The summed E-state index contributed by atoms with van der Waals surface area (Å²) in [5, 5.41) is 3.76. The van der Waals surface area contributed by atoms with Crippen LogP contribution in [0.3, 0.4) is 0 Å². The maximum Gasteiger partial charge on any atom is 0.269 e. The third-order valence-electron chi connectivity index (χ3n) is 7.30. The molecule has 3 aliphatic rings. The Morgan fingerprint density at radius 3 is 2.51 bits per heavy atom. The lowest BCUT2D eigenvalue weighted by molar-refractivity contribution is -0.141. The summed E-state index contributed by atoms with van der Waals surface area (Å²) >= 11 is 1.41. The maximum atomic E-state index is 13.8. The van der Waals surface area contributed by atoms with Gasteiger partial charge in [0.15, 0.2) is 0 Å². The minimum Gasteiger partial charge on any atom is -0.295 e. The number of amides is 4. The number of hydrogen-bond donors (Lipinski definition) is 1. The SMILES string of the molecule is C/C=c1/cccc2c1=C(SN1CC(CCC)(CCC(C)C)C1)C(=O)N(C1CCC(=O)NC1=O)C2=O. The second kappa shape index (κ2) is 10.3. The molecule has 1 aromatic rings. The topological polar surface area (TPSA) is 86.8 Å². The Balaban J connectivity index is 1.68. The van der Waals surface area contributed by atoms with Crippen molar-refractivity contribution in [3.05, 3.63) is 34.2 Å². The average Bonchev–Trinajstić information content (AvgIpc) is 2.79. The van der Waals surface area contributed by atoms with Gasteiger partial charge in [-0.2, -0.15) is 0 Å². The largest absolute Gasteiger partial charge is 0.295 e. The highest BCUT2D eigenvalue weighted by atomic mass is 32.2. The quantitative estimate of drug-likeness (QED) is 0.439. The molecule has 4 amide bonds. The summed E-state index contributed by atoms with van der Waals surface area (Å²) in [4.78, 5) is 53.1. The zero-order valence-electron chi connectivity index (χ0n) is 21.1. The summed E-state index contributed by atoms with van der Waals surface area (Å²) in [6.45, 7) is 10.4. The van der Waals surface area contributed by atoms with E-state index in [4.69, 9.17) is 0 Å². The van der Waals surface area contributed by atoms with Crippen molar-refractivity contribution in [2.45, 2.75) is 72.3 Å². The van der Waals surface area contributed by atoms with Crippen molar-refractivity contribution in [2.24, 2.45) is 11.3 Å². The molecule has 0 radical (unpaired) electrons. The fourth-order valence-corrected chi connectivity index (χ4v) is 6.87. The van der Waals surface area contributed by atoms with Gasteiger partial charge in [0.1, 0.15) is 6.04 Å². The van der Waals surface area contributed by atoms with Crippen LogP contribution in [0, 0.1) is 11.3 Å². The van der Waals surface area contributed by atoms with E-state index in [1.54, 1.807) is 12.1 Å². The smallest absolute Gasteiger partial charge is 0.269 e. The molecule has 1 N–H and O–H groups in total. The van der Waals surface area contributed by atoms with Gasteiger partial charge in [0.05, 0.1) is 4.91 Å². The van der Waals surface area contributed by atoms with Crippen molar-refractivity contribution in [1.29, 1.82) is 0 Å². The van der Waals surface area contributed by atoms with Gasteiger partial charge in [-0.1, -0.05) is 51.8 Å². The predicted octanol–water partition coefficient (Wildman–Crippen LogP) is 2.57. The highest BCUT2D eigenvalue weighted by molar-refractivity contribution is 8.07. The number of imide groups is 2. The fourth-order valence-electron chi connectivity index (χ4n) is 5.44. The third kappa shape index (κ3) is 4.96. The molecule has 1 unspecified atom stereocenters. The Hall–Kier alpha value is -2.45. The zero-order valence-corrected chi connectivity index (χ0v) is 21.9. The molecule has 3 heterocycles. The summed E-state index contributed by atoms with van der Waals surface area (Å²) in [7, 11) is 0. The van der Waals surface area contributed by atoms with Gasteiger partial charge in [0.2, 0.25) is 11.8 Å².